The van der Waals surface area contributed by atoms with Crippen molar-refractivity contribution in [1.29, 1.82) is 0 Å². The fraction of sp³-hybridized carbons (Fsp3) is 0.111. The smallest absolute Gasteiger partial charge is 0.335 e. The van der Waals surface area contributed by atoms with Crippen molar-refractivity contribution in [2.45, 2.75) is 13.8 Å². The van der Waals surface area contributed by atoms with Crippen LogP contribution in [0.4, 0.5) is 21.9 Å². The summed E-state index contributed by atoms with van der Waals surface area (Å²) in [5.74, 6) is -1.77. The summed E-state index contributed by atoms with van der Waals surface area (Å²) in [7, 11) is 0. The summed E-state index contributed by atoms with van der Waals surface area (Å²) in [6, 6.07) is 15.9. The molecule has 3 aromatic rings. The molecule has 192 valence electrons. The van der Waals surface area contributed by atoms with Crippen molar-refractivity contribution in [1.82, 2.24) is 5.32 Å². The molecule has 0 unspecified atom stereocenters. The number of anilines is 2. The van der Waals surface area contributed by atoms with Gasteiger partial charge in [0.15, 0.2) is 6.61 Å². The van der Waals surface area contributed by atoms with Crippen molar-refractivity contribution in [2.24, 2.45) is 0 Å². The molecule has 4 rings (SSSR count). The summed E-state index contributed by atoms with van der Waals surface area (Å²) in [6.45, 7) is 3.59. The van der Waals surface area contributed by atoms with Crippen LogP contribution >= 0.6 is 0 Å². The zero-order chi connectivity index (χ0) is 27.4. The maximum atomic E-state index is 13.0. The number of aryl methyl sites for hydroxylation is 2. The Bertz CT molecular complexity index is 1500. The molecule has 1 aliphatic heterocycles. The molecule has 3 aromatic carbocycles. The van der Waals surface area contributed by atoms with Crippen molar-refractivity contribution < 1.29 is 28.8 Å². The maximum Gasteiger partial charge on any atom is 0.335 e. The molecule has 2 N–H and O–H groups in total. The van der Waals surface area contributed by atoms with Crippen molar-refractivity contribution in [3.05, 3.63) is 99.1 Å². The number of nitro benzene ring substituents is 1. The highest BCUT2D eigenvalue weighted by molar-refractivity contribution is 6.39. The minimum Gasteiger partial charge on any atom is -0.484 e. The highest BCUT2D eigenvalue weighted by Crippen LogP contribution is 2.26. The Morgan fingerprint density at radius 3 is 2.50 bits per heavy atom. The molecular formula is C27H22N4O7. The van der Waals surface area contributed by atoms with Gasteiger partial charge in [0.25, 0.3) is 23.4 Å². The second kappa shape index (κ2) is 10.7. The number of amides is 5. The average molecular weight is 514 g/mol. The number of carbonyl (C=O) groups excluding carboxylic acids is 4. The van der Waals surface area contributed by atoms with Gasteiger partial charge in [-0.15, -0.1) is 0 Å². The molecule has 5 amide bonds. The number of non-ortho nitro benzene ring substituents is 1. The molecule has 0 atom stereocenters. The number of imide groups is 2. The van der Waals surface area contributed by atoms with Crippen molar-refractivity contribution in [2.75, 3.05) is 16.8 Å². The van der Waals surface area contributed by atoms with Crippen molar-refractivity contribution in [3.8, 4) is 5.75 Å². The summed E-state index contributed by atoms with van der Waals surface area (Å²) in [4.78, 5) is 61.1. The summed E-state index contributed by atoms with van der Waals surface area (Å²) in [6.07, 6.45) is 1.28. The molecule has 1 saturated heterocycles. The molecule has 38 heavy (non-hydrogen) atoms. The minimum absolute atomic E-state index is 0.0528. The van der Waals surface area contributed by atoms with Gasteiger partial charge in [0, 0.05) is 17.8 Å². The van der Waals surface area contributed by atoms with Crippen LogP contribution in [0.2, 0.25) is 0 Å². The Kier molecular flexibility index (Phi) is 7.28. The third-order valence-corrected chi connectivity index (χ3v) is 5.63. The lowest BCUT2D eigenvalue weighted by Gasteiger charge is -2.26. The second-order valence-corrected chi connectivity index (χ2v) is 8.46. The van der Waals surface area contributed by atoms with Crippen LogP contribution < -0.4 is 20.3 Å². The highest BCUT2D eigenvalue weighted by Gasteiger charge is 2.37. The summed E-state index contributed by atoms with van der Waals surface area (Å²) < 4.78 is 5.53. The predicted octanol–water partition coefficient (Wildman–Crippen LogP) is 3.90. The first-order chi connectivity index (χ1) is 18.1. The minimum atomic E-state index is -1.01. The Morgan fingerprint density at radius 1 is 1.05 bits per heavy atom. The molecule has 1 heterocycles. The van der Waals surface area contributed by atoms with Crippen LogP contribution in [0.3, 0.4) is 0 Å². The van der Waals surface area contributed by atoms with E-state index < -0.39 is 22.8 Å². The fourth-order valence-electron chi connectivity index (χ4n) is 3.67. The number of hydrogen-bond acceptors (Lipinski definition) is 7. The van der Waals surface area contributed by atoms with E-state index in [2.05, 4.69) is 10.6 Å². The summed E-state index contributed by atoms with van der Waals surface area (Å²) in [5.41, 5.74) is 2.38. The highest BCUT2D eigenvalue weighted by atomic mass is 16.6. The first-order valence-electron chi connectivity index (χ1n) is 11.4. The van der Waals surface area contributed by atoms with Gasteiger partial charge >= 0.3 is 6.03 Å². The first-order valence-corrected chi connectivity index (χ1v) is 11.4. The maximum absolute atomic E-state index is 13.0. The number of hydrogen-bond donors (Lipinski definition) is 2. The summed E-state index contributed by atoms with van der Waals surface area (Å²) >= 11 is 0. The Labute approximate surface area is 216 Å². The first kappa shape index (κ1) is 25.8. The molecule has 0 saturated carbocycles. The van der Waals surface area contributed by atoms with Crippen LogP contribution in [-0.4, -0.2) is 35.3 Å². The molecule has 11 heteroatoms. The quantitative estimate of drug-likeness (QED) is 0.210. The Morgan fingerprint density at radius 2 is 1.79 bits per heavy atom. The number of nitro groups is 1. The molecule has 0 radical (unpaired) electrons. The monoisotopic (exact) mass is 514 g/mol. The third kappa shape index (κ3) is 5.73. The fourth-order valence-corrected chi connectivity index (χ4v) is 3.67. The Balaban J connectivity index is 1.45. The van der Waals surface area contributed by atoms with E-state index >= 15 is 0 Å². The largest absolute Gasteiger partial charge is 0.484 e. The average Bonchev–Trinajstić information content (AvgIpc) is 2.88. The van der Waals surface area contributed by atoms with Gasteiger partial charge in [-0.1, -0.05) is 30.3 Å². The van der Waals surface area contributed by atoms with Gasteiger partial charge < -0.3 is 10.1 Å². The van der Waals surface area contributed by atoms with E-state index in [1.165, 1.54) is 24.3 Å². The summed E-state index contributed by atoms with van der Waals surface area (Å²) in [5, 5.41) is 16.0. The number of nitrogens with zero attached hydrogens (tertiary/aromatic N) is 2. The van der Waals surface area contributed by atoms with Gasteiger partial charge in [-0.25, -0.2) is 9.69 Å². The van der Waals surface area contributed by atoms with Gasteiger partial charge in [0.05, 0.1) is 10.6 Å². The van der Waals surface area contributed by atoms with Gasteiger partial charge in [-0.3, -0.25) is 29.8 Å². The third-order valence-electron chi connectivity index (χ3n) is 5.63. The van der Waals surface area contributed by atoms with E-state index in [4.69, 9.17) is 4.74 Å². The van der Waals surface area contributed by atoms with Crippen LogP contribution in [0.25, 0.3) is 6.08 Å². The lowest BCUT2D eigenvalue weighted by Crippen LogP contribution is -2.54. The number of benzene rings is 3. The molecule has 0 spiro atoms. The number of urea groups is 1. The normalized spacial score (nSPS) is 14.3. The molecule has 11 nitrogen and oxygen atoms in total. The zero-order valence-corrected chi connectivity index (χ0v) is 20.4. The van der Waals surface area contributed by atoms with E-state index in [1.807, 2.05) is 32.0 Å². The molecule has 0 aromatic heterocycles. The SMILES string of the molecule is Cc1ccc(C)c(NC(=O)COc2ccc(/C=C3/C(=O)NC(=O)N(c4cccc([N+](=O)[O-])c4)C3=O)cc2)c1. The van der Waals surface area contributed by atoms with Gasteiger partial charge in [-0.2, -0.15) is 0 Å². The van der Waals surface area contributed by atoms with E-state index in [1.54, 1.807) is 24.3 Å². The lowest BCUT2D eigenvalue weighted by molar-refractivity contribution is -0.384. The molecule has 0 aliphatic carbocycles. The van der Waals surface area contributed by atoms with Gasteiger partial charge in [-0.05, 0) is 60.9 Å². The molecule has 1 fully saturated rings. The second-order valence-electron chi connectivity index (χ2n) is 8.46. The number of rotatable bonds is 7. The van der Waals surface area contributed by atoms with Gasteiger partial charge in [0.2, 0.25) is 0 Å². The zero-order valence-electron chi connectivity index (χ0n) is 20.4. The number of carbonyl (C=O) groups is 4. The van der Waals surface area contributed by atoms with E-state index in [9.17, 15) is 29.3 Å². The number of barbiturate groups is 1. The molecule has 0 bridgehead atoms. The van der Waals surface area contributed by atoms with E-state index in [-0.39, 0.29) is 29.5 Å². The standard InChI is InChI=1S/C27H22N4O7/c1-16-6-7-17(2)23(12-16)28-24(32)15-38-21-10-8-18(9-11-21)13-22-25(33)29-27(35)30(26(22)34)19-4-3-5-20(14-19)31(36)37/h3-14H,15H2,1-2H3,(H,28,32)(H,29,33,35)/b22-13-. The lowest BCUT2D eigenvalue weighted by atomic mass is 10.1. The molecule has 1 aliphatic rings. The van der Waals surface area contributed by atoms with Crippen LogP contribution in [-0.2, 0) is 14.4 Å². The molecular weight excluding hydrogens is 492 g/mol. The van der Waals surface area contributed by atoms with Crippen molar-refractivity contribution >= 4 is 46.9 Å². The van der Waals surface area contributed by atoms with Crippen LogP contribution in [0.1, 0.15) is 16.7 Å². The predicted molar refractivity (Wildman–Crippen MR) is 139 cm³/mol. The van der Waals surface area contributed by atoms with E-state index in [0.29, 0.717) is 21.9 Å². The van der Waals surface area contributed by atoms with Crippen molar-refractivity contribution in [3.63, 3.8) is 0 Å². The topological polar surface area (TPSA) is 148 Å². The number of ether oxygens (including phenoxy) is 1. The van der Waals surface area contributed by atoms with E-state index in [0.717, 1.165) is 17.2 Å². The van der Waals surface area contributed by atoms with Crippen LogP contribution in [0.15, 0.2) is 72.3 Å². The van der Waals surface area contributed by atoms with Crippen LogP contribution in [0.5, 0.6) is 5.75 Å². The Hall–Kier alpha value is -5.32. The van der Waals surface area contributed by atoms with Gasteiger partial charge in [0.1, 0.15) is 11.3 Å². The number of nitrogens with one attached hydrogen (secondary N) is 2. The van der Waals surface area contributed by atoms with Crippen LogP contribution in [0, 0.1) is 24.0 Å².